The third-order valence-corrected chi connectivity index (χ3v) is 12.5. The van der Waals surface area contributed by atoms with Crippen LogP contribution in [0.15, 0.2) is 23.3 Å². The Kier molecular flexibility index (Phi) is 5.84. The van der Waals surface area contributed by atoms with Gasteiger partial charge in [-0.3, -0.25) is 19.2 Å². The molecular weight excluding hydrogens is 476 g/mol. The summed E-state index contributed by atoms with van der Waals surface area (Å²) in [4.78, 5) is 46.3. The highest BCUT2D eigenvalue weighted by atomic mass is 16.6. The molecule has 38 heavy (non-hydrogen) atoms. The lowest BCUT2D eigenvalue weighted by Crippen LogP contribution is -2.66. The van der Waals surface area contributed by atoms with Crippen LogP contribution in [0, 0.1) is 61.6 Å². The van der Waals surface area contributed by atoms with Crippen LogP contribution in [0.4, 0.5) is 0 Å². The van der Waals surface area contributed by atoms with Gasteiger partial charge in [0.2, 0.25) is 5.91 Å². The first-order chi connectivity index (χ1) is 17.5. The van der Waals surface area contributed by atoms with Crippen molar-refractivity contribution >= 4 is 17.5 Å². The topological polar surface area (TPSA) is 96.3 Å². The molecule has 1 N–H and O–H groups in total. The number of carbonyl (C=O) groups is 3. The SMILES string of the molecule is CONC(=O)[C@]12CCC(C)(C)CC1C1C(=O)C=C3[C@@]4(C)C=C(C#N)C(=O)C(C)(C)[C@@H]4CC[C@@]3(C)[C@]1(C)CC2. The first kappa shape index (κ1) is 27.3. The van der Waals surface area contributed by atoms with Crippen molar-refractivity contribution in [3.63, 3.8) is 0 Å². The Hall–Kier alpha value is -2.26. The number of ketones is 2. The molecule has 0 aromatic heterocycles. The van der Waals surface area contributed by atoms with Gasteiger partial charge >= 0.3 is 0 Å². The summed E-state index contributed by atoms with van der Waals surface area (Å²) in [6, 6.07) is 2.17. The molecule has 0 bridgehead atoms. The standard InChI is InChI=1S/C32H44N2O4/c1-27(2)11-13-32(26(37)34-38-8)14-12-31(7)24(20(32)17-27)21(35)15-23-29(5)16-19(18-33)25(36)28(3,4)22(29)9-10-30(23,31)6/h15-16,20,22,24H,9-14,17H2,1-8H3,(H,34,37)/t20?,22-,24?,29-,30+,31+,32-/m0/s1. The number of nitrogens with zero attached hydrogens (tertiary/aromatic N) is 1. The Morgan fingerprint density at radius 1 is 1.03 bits per heavy atom. The molecule has 0 aromatic rings. The molecule has 1 amide bonds. The molecule has 5 aliphatic rings. The number of Topliss-reactive ketones (excluding diaryl/α,β-unsaturated/α-hetero) is 1. The van der Waals surface area contributed by atoms with Gasteiger partial charge in [0, 0.05) is 16.7 Å². The fraction of sp³-hybridized carbons (Fsp3) is 0.750. The second-order valence-electron chi connectivity index (χ2n) is 15.0. The molecule has 0 heterocycles. The number of nitriles is 1. The molecule has 5 rings (SSSR count). The summed E-state index contributed by atoms with van der Waals surface area (Å²) in [5.41, 5.74) is 1.55. The van der Waals surface area contributed by atoms with Crippen molar-refractivity contribution in [1.82, 2.24) is 5.48 Å². The number of rotatable bonds is 2. The minimum atomic E-state index is -0.676. The summed E-state index contributed by atoms with van der Waals surface area (Å²) >= 11 is 0. The quantitative estimate of drug-likeness (QED) is 0.459. The van der Waals surface area contributed by atoms with E-state index in [-0.39, 0.29) is 57.0 Å². The number of fused-ring (bicyclic) bond motifs is 7. The van der Waals surface area contributed by atoms with Gasteiger partial charge in [-0.15, -0.1) is 0 Å². The second-order valence-corrected chi connectivity index (χ2v) is 15.0. The molecule has 0 radical (unpaired) electrons. The zero-order valence-electron chi connectivity index (χ0n) is 24.4. The van der Waals surface area contributed by atoms with Crippen molar-refractivity contribution in [3.8, 4) is 6.07 Å². The molecule has 0 spiro atoms. The maximum absolute atomic E-state index is 14.4. The molecule has 2 unspecified atom stereocenters. The Labute approximate surface area is 227 Å². The average Bonchev–Trinajstić information content (AvgIpc) is 2.82. The van der Waals surface area contributed by atoms with Crippen LogP contribution in [-0.4, -0.2) is 24.6 Å². The molecule has 206 valence electrons. The van der Waals surface area contributed by atoms with Crippen LogP contribution in [0.25, 0.3) is 0 Å². The highest BCUT2D eigenvalue weighted by Crippen LogP contribution is 2.74. The van der Waals surface area contributed by atoms with E-state index in [0.29, 0.717) is 0 Å². The summed E-state index contributed by atoms with van der Waals surface area (Å²) < 4.78 is 0. The highest BCUT2D eigenvalue weighted by Gasteiger charge is 2.70. The van der Waals surface area contributed by atoms with E-state index in [1.54, 1.807) is 0 Å². The minimum Gasteiger partial charge on any atom is -0.295 e. The zero-order chi connectivity index (χ0) is 28.1. The molecule has 0 saturated heterocycles. The lowest BCUT2D eigenvalue weighted by atomic mass is 9.34. The number of hydroxylamine groups is 1. The molecule has 5 aliphatic carbocycles. The predicted octanol–water partition coefficient (Wildman–Crippen LogP) is 5.88. The normalized spacial score (nSPS) is 44.8. The number of nitrogens with one attached hydrogen (secondary N) is 1. The van der Waals surface area contributed by atoms with Crippen LogP contribution in [0.2, 0.25) is 0 Å². The number of amides is 1. The predicted molar refractivity (Wildman–Crippen MR) is 144 cm³/mol. The fourth-order valence-corrected chi connectivity index (χ4v) is 10.2. The van der Waals surface area contributed by atoms with Crippen molar-refractivity contribution in [2.24, 2.45) is 50.2 Å². The monoisotopic (exact) mass is 520 g/mol. The van der Waals surface area contributed by atoms with Gasteiger partial charge in [0.1, 0.15) is 6.07 Å². The first-order valence-corrected chi connectivity index (χ1v) is 14.3. The second kappa shape index (κ2) is 8.13. The Morgan fingerprint density at radius 3 is 2.32 bits per heavy atom. The fourth-order valence-electron chi connectivity index (χ4n) is 10.2. The minimum absolute atomic E-state index is 0.0238. The maximum Gasteiger partial charge on any atom is 0.250 e. The third kappa shape index (κ3) is 3.23. The molecule has 3 fully saturated rings. The number of hydrogen-bond acceptors (Lipinski definition) is 5. The Balaban J connectivity index is 1.69. The third-order valence-electron chi connectivity index (χ3n) is 12.5. The van der Waals surface area contributed by atoms with Gasteiger partial charge in [-0.2, -0.15) is 5.26 Å². The maximum atomic E-state index is 14.4. The summed E-state index contributed by atoms with van der Waals surface area (Å²) in [6.45, 7) is 15.2. The van der Waals surface area contributed by atoms with E-state index >= 15 is 0 Å². The molecule has 0 aliphatic heterocycles. The molecule has 6 nitrogen and oxygen atoms in total. The lowest BCUT2D eigenvalue weighted by molar-refractivity contribution is -0.183. The highest BCUT2D eigenvalue weighted by molar-refractivity contribution is 6.04. The van der Waals surface area contributed by atoms with Gasteiger partial charge in [-0.1, -0.05) is 60.1 Å². The summed E-state index contributed by atoms with van der Waals surface area (Å²) in [5, 5.41) is 9.88. The first-order valence-electron chi connectivity index (χ1n) is 14.3. The molecule has 6 heteroatoms. The molecule has 7 atom stereocenters. The summed E-state index contributed by atoms with van der Waals surface area (Å²) in [5.74, 6) is -0.363. The molecular formula is C32H44N2O4. The van der Waals surface area contributed by atoms with Gasteiger partial charge in [-0.25, -0.2) is 5.48 Å². The van der Waals surface area contributed by atoms with E-state index in [9.17, 15) is 19.6 Å². The smallest absolute Gasteiger partial charge is 0.250 e. The van der Waals surface area contributed by atoms with E-state index in [2.05, 4.69) is 46.2 Å². The van der Waals surface area contributed by atoms with Crippen LogP contribution in [0.3, 0.4) is 0 Å². The lowest BCUT2D eigenvalue weighted by Gasteiger charge is -2.69. The van der Waals surface area contributed by atoms with Crippen LogP contribution in [0.1, 0.15) is 93.4 Å². The Morgan fingerprint density at radius 2 is 1.68 bits per heavy atom. The van der Waals surface area contributed by atoms with E-state index in [4.69, 9.17) is 4.84 Å². The van der Waals surface area contributed by atoms with Crippen molar-refractivity contribution in [3.05, 3.63) is 23.3 Å². The van der Waals surface area contributed by atoms with E-state index in [1.807, 2.05) is 26.0 Å². The number of allylic oxidation sites excluding steroid dienone is 4. The zero-order valence-corrected chi connectivity index (χ0v) is 24.4. The van der Waals surface area contributed by atoms with Crippen LogP contribution < -0.4 is 5.48 Å². The van der Waals surface area contributed by atoms with E-state index in [1.165, 1.54) is 7.11 Å². The number of hydrogen-bond donors (Lipinski definition) is 1. The van der Waals surface area contributed by atoms with E-state index in [0.717, 1.165) is 50.5 Å². The van der Waals surface area contributed by atoms with Gasteiger partial charge in [0.05, 0.1) is 18.1 Å². The van der Waals surface area contributed by atoms with Gasteiger partial charge in [-0.05, 0) is 79.1 Å². The van der Waals surface area contributed by atoms with E-state index < -0.39 is 16.2 Å². The summed E-state index contributed by atoms with van der Waals surface area (Å²) in [7, 11) is 1.48. The van der Waals surface area contributed by atoms with Crippen molar-refractivity contribution in [1.29, 1.82) is 5.26 Å². The van der Waals surface area contributed by atoms with Gasteiger partial charge in [0.25, 0.3) is 0 Å². The Bertz CT molecular complexity index is 1220. The summed E-state index contributed by atoms with van der Waals surface area (Å²) in [6.07, 6.45) is 9.57. The van der Waals surface area contributed by atoms with Crippen LogP contribution >= 0.6 is 0 Å². The largest absolute Gasteiger partial charge is 0.295 e. The van der Waals surface area contributed by atoms with Crippen molar-refractivity contribution in [2.75, 3.05) is 7.11 Å². The molecule has 0 aromatic carbocycles. The molecule has 3 saturated carbocycles. The van der Waals surface area contributed by atoms with Crippen LogP contribution in [-0.2, 0) is 19.2 Å². The van der Waals surface area contributed by atoms with Crippen LogP contribution in [0.5, 0.6) is 0 Å². The van der Waals surface area contributed by atoms with Crippen molar-refractivity contribution in [2.45, 2.75) is 93.4 Å². The number of carbonyl (C=O) groups excluding carboxylic acids is 3. The van der Waals surface area contributed by atoms with Crippen molar-refractivity contribution < 1.29 is 19.2 Å². The van der Waals surface area contributed by atoms with Gasteiger partial charge in [0.15, 0.2) is 11.6 Å². The average molecular weight is 521 g/mol. The van der Waals surface area contributed by atoms with Gasteiger partial charge < -0.3 is 0 Å².